The molecule has 1 fully saturated rings. The average Bonchev–Trinajstić information content (AvgIpc) is 3.25. The van der Waals surface area contributed by atoms with Crippen molar-refractivity contribution in [2.45, 2.75) is 24.6 Å². The summed E-state index contributed by atoms with van der Waals surface area (Å²) < 4.78 is 14.1. The summed E-state index contributed by atoms with van der Waals surface area (Å²) in [7, 11) is 0. The Kier molecular flexibility index (Phi) is 3.54. The van der Waals surface area contributed by atoms with Gasteiger partial charge in [-0.25, -0.2) is 14.4 Å². The monoisotopic (exact) mass is 340 g/mol. The van der Waals surface area contributed by atoms with Gasteiger partial charge < -0.3 is 0 Å². The largest absolute Gasteiger partial charge is 0.236 e. The molecule has 0 amide bonds. The van der Waals surface area contributed by atoms with Crippen molar-refractivity contribution in [2.24, 2.45) is 0 Å². The molecule has 0 radical (unpaired) electrons. The van der Waals surface area contributed by atoms with Gasteiger partial charge in [0.15, 0.2) is 5.82 Å². The van der Waals surface area contributed by atoms with Crippen LogP contribution >= 0.6 is 27.5 Å². The number of alkyl halides is 1. The van der Waals surface area contributed by atoms with Gasteiger partial charge in [-0.2, -0.15) is 0 Å². The zero-order valence-corrected chi connectivity index (χ0v) is 12.4. The Bertz CT molecular complexity index is 629. The number of rotatable bonds is 3. The Balaban J connectivity index is 2.10. The normalized spacial score (nSPS) is 14.7. The van der Waals surface area contributed by atoms with Crippen molar-refractivity contribution < 1.29 is 4.39 Å². The molecule has 0 N–H and O–H groups in total. The van der Waals surface area contributed by atoms with E-state index in [1.807, 2.05) is 0 Å². The molecule has 1 heterocycles. The van der Waals surface area contributed by atoms with Crippen LogP contribution in [0.15, 0.2) is 28.9 Å². The van der Waals surface area contributed by atoms with Crippen LogP contribution in [-0.4, -0.2) is 9.97 Å². The summed E-state index contributed by atoms with van der Waals surface area (Å²) in [6.07, 6.45) is 4.04. The third-order valence-electron chi connectivity index (χ3n) is 3.18. The van der Waals surface area contributed by atoms with Crippen molar-refractivity contribution >= 4 is 27.5 Å². The van der Waals surface area contributed by atoms with Crippen molar-refractivity contribution in [3.05, 3.63) is 45.9 Å². The molecular formula is C14H11BrClFN2. The predicted molar refractivity (Wildman–Crippen MR) is 76.7 cm³/mol. The lowest BCUT2D eigenvalue weighted by molar-refractivity contribution is 0.628. The van der Waals surface area contributed by atoms with Gasteiger partial charge in [0.25, 0.3) is 0 Å². The standard InChI is InChI=1S/C14H11BrClFN2/c15-12-4-3-10(17)5-11(12)14-18-7-9(6-16)13(19-14)8-1-2-8/h3-5,7-8H,1-2,6H2. The van der Waals surface area contributed by atoms with Crippen molar-refractivity contribution in [3.63, 3.8) is 0 Å². The smallest absolute Gasteiger partial charge is 0.160 e. The second kappa shape index (κ2) is 5.17. The molecule has 19 heavy (non-hydrogen) atoms. The zero-order valence-electron chi connectivity index (χ0n) is 10.0. The van der Waals surface area contributed by atoms with Crippen LogP contribution in [0.2, 0.25) is 0 Å². The number of aromatic nitrogens is 2. The van der Waals surface area contributed by atoms with E-state index < -0.39 is 0 Å². The Morgan fingerprint density at radius 2 is 2.16 bits per heavy atom. The molecule has 1 aromatic heterocycles. The molecule has 0 spiro atoms. The van der Waals surface area contributed by atoms with E-state index in [2.05, 4.69) is 25.9 Å². The number of hydrogen-bond acceptors (Lipinski definition) is 2. The average molecular weight is 342 g/mol. The lowest BCUT2D eigenvalue weighted by atomic mass is 10.1. The summed E-state index contributed by atoms with van der Waals surface area (Å²) in [5.74, 6) is 1.15. The van der Waals surface area contributed by atoms with Crippen LogP contribution < -0.4 is 0 Å². The molecule has 5 heteroatoms. The molecule has 1 aliphatic rings. The van der Waals surface area contributed by atoms with Crippen molar-refractivity contribution in [1.82, 2.24) is 9.97 Å². The van der Waals surface area contributed by atoms with Gasteiger partial charge in [0.05, 0.1) is 11.6 Å². The van der Waals surface area contributed by atoms with Gasteiger partial charge in [-0.1, -0.05) is 15.9 Å². The van der Waals surface area contributed by atoms with Gasteiger partial charge in [-0.15, -0.1) is 11.6 Å². The van der Waals surface area contributed by atoms with Crippen LogP contribution in [0.5, 0.6) is 0 Å². The maximum atomic E-state index is 13.4. The zero-order chi connectivity index (χ0) is 13.4. The first-order valence-corrected chi connectivity index (χ1v) is 7.39. The van der Waals surface area contributed by atoms with Crippen LogP contribution in [0.4, 0.5) is 4.39 Å². The second-order valence-electron chi connectivity index (χ2n) is 4.64. The van der Waals surface area contributed by atoms with E-state index in [-0.39, 0.29) is 5.82 Å². The van der Waals surface area contributed by atoms with Crippen molar-refractivity contribution in [3.8, 4) is 11.4 Å². The molecule has 0 bridgehead atoms. The second-order valence-corrected chi connectivity index (χ2v) is 5.76. The minimum Gasteiger partial charge on any atom is -0.236 e. The molecule has 2 nitrogen and oxygen atoms in total. The number of benzene rings is 1. The molecule has 1 aliphatic carbocycles. The van der Waals surface area contributed by atoms with Crippen molar-refractivity contribution in [2.75, 3.05) is 0 Å². The van der Waals surface area contributed by atoms with Gasteiger partial charge in [0, 0.05) is 27.7 Å². The van der Waals surface area contributed by atoms with E-state index in [0.717, 1.165) is 28.6 Å². The van der Waals surface area contributed by atoms with E-state index in [1.165, 1.54) is 12.1 Å². The number of nitrogens with zero attached hydrogens (tertiary/aromatic N) is 2. The summed E-state index contributed by atoms with van der Waals surface area (Å²) in [5.41, 5.74) is 2.65. The highest BCUT2D eigenvalue weighted by Gasteiger charge is 2.28. The fraction of sp³-hybridized carbons (Fsp3) is 0.286. The molecule has 98 valence electrons. The summed E-state index contributed by atoms with van der Waals surface area (Å²) in [6, 6.07) is 4.51. The summed E-state index contributed by atoms with van der Waals surface area (Å²) in [6.45, 7) is 0. The van der Waals surface area contributed by atoms with E-state index >= 15 is 0 Å². The molecule has 1 saturated carbocycles. The summed E-state index contributed by atoms with van der Waals surface area (Å²) in [5, 5.41) is 0. The molecule has 0 atom stereocenters. The van der Waals surface area contributed by atoms with Crippen LogP contribution in [0.3, 0.4) is 0 Å². The molecule has 0 unspecified atom stereocenters. The third-order valence-corrected chi connectivity index (χ3v) is 4.15. The van der Waals surface area contributed by atoms with Gasteiger partial charge in [0.1, 0.15) is 5.82 Å². The fourth-order valence-corrected chi connectivity index (χ4v) is 2.66. The van der Waals surface area contributed by atoms with Gasteiger partial charge in [-0.05, 0) is 31.0 Å². The first-order valence-electron chi connectivity index (χ1n) is 6.06. The Hall–Kier alpha value is -1.00. The maximum absolute atomic E-state index is 13.4. The minimum absolute atomic E-state index is 0.295. The van der Waals surface area contributed by atoms with Crippen molar-refractivity contribution in [1.29, 1.82) is 0 Å². The van der Waals surface area contributed by atoms with Gasteiger partial charge in [-0.3, -0.25) is 0 Å². The molecule has 1 aromatic carbocycles. The van der Waals surface area contributed by atoms with E-state index in [4.69, 9.17) is 11.6 Å². The first kappa shape index (κ1) is 13.0. The highest BCUT2D eigenvalue weighted by Crippen LogP contribution is 2.41. The quantitative estimate of drug-likeness (QED) is 0.759. The van der Waals surface area contributed by atoms with Crippen LogP contribution in [-0.2, 0) is 5.88 Å². The SMILES string of the molecule is Fc1ccc(Br)c(-c2ncc(CCl)c(C3CC3)n2)c1. The number of halogens is 3. The number of hydrogen-bond donors (Lipinski definition) is 0. The minimum atomic E-state index is -0.295. The van der Waals surface area contributed by atoms with E-state index in [9.17, 15) is 4.39 Å². The lowest BCUT2D eigenvalue weighted by Crippen LogP contribution is -2.00. The molecule has 0 aliphatic heterocycles. The topological polar surface area (TPSA) is 25.8 Å². The maximum Gasteiger partial charge on any atom is 0.160 e. The van der Waals surface area contributed by atoms with Crippen LogP contribution in [0.1, 0.15) is 30.0 Å². The fourth-order valence-electron chi connectivity index (χ4n) is 2.03. The first-order chi connectivity index (χ1) is 9.19. The predicted octanol–water partition coefficient (Wildman–Crippen LogP) is 4.66. The van der Waals surface area contributed by atoms with E-state index in [0.29, 0.717) is 23.2 Å². The van der Waals surface area contributed by atoms with Gasteiger partial charge in [0.2, 0.25) is 0 Å². The van der Waals surface area contributed by atoms with Crippen LogP contribution in [0, 0.1) is 5.82 Å². The Morgan fingerprint density at radius 3 is 2.84 bits per heavy atom. The Morgan fingerprint density at radius 1 is 1.37 bits per heavy atom. The summed E-state index contributed by atoms with van der Waals surface area (Å²) >= 11 is 9.32. The molecular weight excluding hydrogens is 331 g/mol. The Labute approximate surface area is 124 Å². The highest BCUT2D eigenvalue weighted by molar-refractivity contribution is 9.10. The molecule has 3 rings (SSSR count). The summed E-state index contributed by atoms with van der Waals surface area (Å²) in [4.78, 5) is 8.89. The molecule has 2 aromatic rings. The third kappa shape index (κ3) is 2.65. The lowest BCUT2D eigenvalue weighted by Gasteiger charge is -2.08. The van der Waals surface area contributed by atoms with Crippen LogP contribution in [0.25, 0.3) is 11.4 Å². The van der Waals surface area contributed by atoms with Gasteiger partial charge >= 0.3 is 0 Å². The molecule has 0 saturated heterocycles. The van der Waals surface area contributed by atoms with E-state index in [1.54, 1.807) is 12.3 Å². The highest BCUT2D eigenvalue weighted by atomic mass is 79.9.